The summed E-state index contributed by atoms with van der Waals surface area (Å²) in [5, 5.41) is 10.5. The zero-order valence-corrected chi connectivity index (χ0v) is 9.76. The van der Waals surface area contributed by atoms with Crippen LogP contribution in [0.1, 0.15) is 23.1 Å². The van der Waals surface area contributed by atoms with Gasteiger partial charge in [-0.05, 0) is 36.0 Å². The molecule has 4 heteroatoms. The Hall–Kier alpha value is -1.06. The first kappa shape index (κ1) is 13.0. The number of nitrogens with two attached hydrogens (primary N) is 1. The van der Waals surface area contributed by atoms with E-state index in [1.54, 1.807) is 0 Å². The first-order chi connectivity index (χ1) is 7.15. The van der Waals surface area contributed by atoms with Crippen molar-refractivity contribution >= 4 is 18.4 Å². The number of fused-ring (bicyclic) bond motifs is 1. The Labute approximate surface area is 101 Å². The van der Waals surface area contributed by atoms with E-state index in [1.807, 2.05) is 18.2 Å². The van der Waals surface area contributed by atoms with Crippen LogP contribution in [0.3, 0.4) is 0 Å². The van der Waals surface area contributed by atoms with Gasteiger partial charge in [-0.25, -0.2) is 0 Å². The summed E-state index contributed by atoms with van der Waals surface area (Å²) < 4.78 is 0. The van der Waals surface area contributed by atoms with E-state index in [9.17, 15) is 9.90 Å². The van der Waals surface area contributed by atoms with Crippen LogP contribution < -0.4 is 10.8 Å². The Balaban J connectivity index is 0.00000128. The predicted molar refractivity (Wildman–Crippen MR) is 62.4 cm³/mol. The van der Waals surface area contributed by atoms with Crippen molar-refractivity contribution in [3.63, 3.8) is 0 Å². The molecular formula is C12H15ClNO2-. The van der Waals surface area contributed by atoms with Crippen LogP contribution in [0.4, 0.5) is 0 Å². The number of carboxylic acid groups (broad SMARTS) is 1. The van der Waals surface area contributed by atoms with Crippen molar-refractivity contribution in [1.29, 1.82) is 0 Å². The molecule has 0 saturated carbocycles. The number of carbonyl (C=O) groups excluding carboxylic acids is 1. The van der Waals surface area contributed by atoms with Gasteiger partial charge in [-0.2, -0.15) is 0 Å². The van der Waals surface area contributed by atoms with Gasteiger partial charge in [-0.3, -0.25) is 0 Å². The highest BCUT2D eigenvalue weighted by molar-refractivity contribution is 5.85. The second-order valence-electron chi connectivity index (χ2n) is 4.15. The molecular weight excluding hydrogens is 226 g/mol. The van der Waals surface area contributed by atoms with Gasteiger partial charge in [0.15, 0.2) is 0 Å². The minimum absolute atomic E-state index is 0. The molecule has 1 aromatic carbocycles. The molecule has 0 aromatic heterocycles. The van der Waals surface area contributed by atoms with Gasteiger partial charge in [0.1, 0.15) is 0 Å². The Kier molecular flexibility index (Phi) is 4.33. The fourth-order valence-corrected chi connectivity index (χ4v) is 2.12. The number of aliphatic carboxylic acids is 1. The van der Waals surface area contributed by atoms with Crippen molar-refractivity contribution in [3.8, 4) is 0 Å². The molecule has 1 aliphatic carbocycles. The van der Waals surface area contributed by atoms with E-state index in [2.05, 4.69) is 0 Å². The van der Waals surface area contributed by atoms with Crippen LogP contribution >= 0.6 is 12.4 Å². The van der Waals surface area contributed by atoms with Crippen LogP contribution in [0.25, 0.3) is 0 Å². The molecule has 0 heterocycles. The fourth-order valence-electron chi connectivity index (χ4n) is 2.12. The van der Waals surface area contributed by atoms with Crippen LogP contribution in [0, 0.1) is 0 Å². The third-order valence-corrected chi connectivity index (χ3v) is 2.89. The minimum Gasteiger partial charge on any atom is -0.550 e. The van der Waals surface area contributed by atoms with Crippen LogP contribution in [-0.4, -0.2) is 12.0 Å². The maximum Gasteiger partial charge on any atom is 0.0458 e. The minimum atomic E-state index is -1.03. The average Bonchev–Trinajstić information content (AvgIpc) is 2.16. The van der Waals surface area contributed by atoms with E-state index in [4.69, 9.17) is 5.73 Å². The summed E-state index contributed by atoms with van der Waals surface area (Å²) in [5.74, 6) is -1.03. The van der Waals surface area contributed by atoms with Gasteiger partial charge in [0.2, 0.25) is 0 Å². The van der Waals surface area contributed by atoms with E-state index in [0.717, 1.165) is 24.8 Å². The fraction of sp³-hybridized carbons (Fsp3) is 0.417. The molecule has 2 rings (SSSR count). The summed E-state index contributed by atoms with van der Waals surface area (Å²) in [5.41, 5.74) is 9.19. The second-order valence-corrected chi connectivity index (χ2v) is 4.15. The molecule has 0 amide bonds. The highest BCUT2D eigenvalue weighted by Gasteiger charge is 2.15. The third-order valence-electron chi connectivity index (χ3n) is 2.89. The molecule has 0 saturated heterocycles. The largest absolute Gasteiger partial charge is 0.550 e. The predicted octanol–water partition coefficient (Wildman–Crippen LogP) is 0.217. The molecule has 3 nitrogen and oxygen atoms in total. The van der Waals surface area contributed by atoms with Crippen LogP contribution in [-0.2, 0) is 24.1 Å². The maximum absolute atomic E-state index is 10.5. The summed E-state index contributed by atoms with van der Waals surface area (Å²) in [6.45, 7) is 0. The van der Waals surface area contributed by atoms with E-state index in [1.165, 1.54) is 11.1 Å². The van der Waals surface area contributed by atoms with Crippen LogP contribution in [0.2, 0.25) is 0 Å². The first-order valence-electron chi connectivity index (χ1n) is 5.21. The zero-order valence-electron chi connectivity index (χ0n) is 8.94. The van der Waals surface area contributed by atoms with Gasteiger partial charge >= 0.3 is 0 Å². The Morgan fingerprint density at radius 2 is 2.19 bits per heavy atom. The lowest BCUT2D eigenvalue weighted by molar-refractivity contribution is -0.304. The van der Waals surface area contributed by atoms with Gasteiger partial charge in [0, 0.05) is 18.4 Å². The van der Waals surface area contributed by atoms with Crippen molar-refractivity contribution < 1.29 is 9.90 Å². The summed E-state index contributed by atoms with van der Waals surface area (Å²) in [7, 11) is 0. The first-order valence-corrected chi connectivity index (χ1v) is 5.21. The van der Waals surface area contributed by atoms with Crippen molar-refractivity contribution in [2.24, 2.45) is 5.73 Å². The Bertz CT molecular complexity index is 393. The summed E-state index contributed by atoms with van der Waals surface area (Å²) in [4.78, 5) is 10.5. The molecule has 1 aromatic rings. The number of carbonyl (C=O) groups is 1. The lowest BCUT2D eigenvalue weighted by Gasteiger charge is -2.22. The molecule has 1 unspecified atom stereocenters. The number of rotatable bonds is 2. The molecule has 0 radical (unpaired) electrons. The zero-order chi connectivity index (χ0) is 10.8. The van der Waals surface area contributed by atoms with Crippen molar-refractivity contribution in [1.82, 2.24) is 0 Å². The number of hydrogen-bond donors (Lipinski definition) is 1. The number of halogens is 1. The van der Waals surface area contributed by atoms with Gasteiger partial charge in [0.05, 0.1) is 0 Å². The van der Waals surface area contributed by atoms with E-state index in [-0.39, 0.29) is 24.9 Å². The van der Waals surface area contributed by atoms with Crippen molar-refractivity contribution in [2.45, 2.75) is 31.7 Å². The number of hydrogen-bond acceptors (Lipinski definition) is 3. The molecule has 0 fully saturated rings. The van der Waals surface area contributed by atoms with Crippen molar-refractivity contribution in [2.75, 3.05) is 0 Å². The quantitative estimate of drug-likeness (QED) is 0.804. The lowest BCUT2D eigenvalue weighted by atomic mass is 9.87. The number of carboxylic acids is 1. The molecule has 16 heavy (non-hydrogen) atoms. The smallest absolute Gasteiger partial charge is 0.0458 e. The molecule has 0 spiro atoms. The summed E-state index contributed by atoms with van der Waals surface area (Å²) in [6.07, 6.45) is 2.87. The Morgan fingerprint density at radius 1 is 1.44 bits per heavy atom. The molecule has 2 N–H and O–H groups in total. The standard InChI is InChI=1S/C12H15NO2.ClH/c13-11-4-3-9-2-1-8(6-12(14)15)5-10(9)7-11;/h1-2,5,11H,3-4,6-7,13H2,(H,14,15);1H/p-1. The second kappa shape index (κ2) is 5.32. The van der Waals surface area contributed by atoms with Gasteiger partial charge in [0.25, 0.3) is 0 Å². The van der Waals surface area contributed by atoms with Crippen LogP contribution in [0.5, 0.6) is 0 Å². The Morgan fingerprint density at radius 3 is 2.88 bits per heavy atom. The SMILES string of the molecule is Cl.NC1CCc2ccc(CC(=O)[O-])cc2C1. The van der Waals surface area contributed by atoms with E-state index < -0.39 is 5.97 Å². The maximum atomic E-state index is 10.5. The topological polar surface area (TPSA) is 66.2 Å². The summed E-state index contributed by atoms with van der Waals surface area (Å²) in [6, 6.07) is 6.05. The summed E-state index contributed by atoms with van der Waals surface area (Å²) >= 11 is 0. The molecule has 1 aliphatic rings. The number of benzene rings is 1. The molecule has 88 valence electrons. The van der Waals surface area contributed by atoms with Gasteiger partial charge in [-0.1, -0.05) is 18.2 Å². The average molecular weight is 241 g/mol. The third kappa shape index (κ3) is 2.97. The highest BCUT2D eigenvalue weighted by Crippen LogP contribution is 2.21. The molecule has 0 bridgehead atoms. The van der Waals surface area contributed by atoms with Crippen molar-refractivity contribution in [3.05, 3.63) is 34.9 Å². The van der Waals surface area contributed by atoms with E-state index >= 15 is 0 Å². The van der Waals surface area contributed by atoms with E-state index in [0.29, 0.717) is 0 Å². The van der Waals surface area contributed by atoms with Crippen LogP contribution in [0.15, 0.2) is 18.2 Å². The normalized spacial score (nSPS) is 18.4. The van der Waals surface area contributed by atoms with Gasteiger partial charge < -0.3 is 15.6 Å². The van der Waals surface area contributed by atoms with Gasteiger partial charge in [-0.15, -0.1) is 12.4 Å². The number of aryl methyl sites for hydroxylation is 1. The lowest BCUT2D eigenvalue weighted by Crippen LogP contribution is -2.28. The molecule has 1 atom stereocenters. The monoisotopic (exact) mass is 240 g/mol. The molecule has 0 aliphatic heterocycles. The highest BCUT2D eigenvalue weighted by atomic mass is 35.5.